The van der Waals surface area contributed by atoms with Crippen LogP contribution in [0.1, 0.15) is 31.2 Å². The van der Waals surface area contributed by atoms with Gasteiger partial charge in [-0.2, -0.15) is 0 Å². The van der Waals surface area contributed by atoms with Crippen molar-refractivity contribution in [2.24, 2.45) is 0 Å². The molecule has 1 saturated carbocycles. The van der Waals surface area contributed by atoms with Crippen LogP contribution in [0, 0.1) is 0 Å². The van der Waals surface area contributed by atoms with E-state index in [1.165, 1.54) is 6.26 Å². The Balaban J connectivity index is 2.37. The van der Waals surface area contributed by atoms with Crippen molar-refractivity contribution in [2.45, 2.75) is 31.1 Å². The number of hydrogen-bond donors (Lipinski definition) is 1. The van der Waals surface area contributed by atoms with Gasteiger partial charge in [0.1, 0.15) is 15.6 Å². The highest BCUT2D eigenvalue weighted by Gasteiger charge is 2.38. The molecule has 94 valence electrons. The van der Waals surface area contributed by atoms with Crippen LogP contribution in [0.4, 0.5) is 0 Å². The third kappa shape index (κ3) is 2.80. The fraction of sp³-hybridized carbons (Fsp3) is 0.538. The van der Waals surface area contributed by atoms with Crippen molar-refractivity contribution in [1.82, 2.24) is 0 Å². The summed E-state index contributed by atoms with van der Waals surface area (Å²) in [5, 5.41) is 9.30. The van der Waals surface area contributed by atoms with Crippen molar-refractivity contribution < 1.29 is 13.5 Å². The lowest BCUT2D eigenvalue weighted by molar-refractivity contribution is 0.468. The lowest BCUT2D eigenvalue weighted by Crippen LogP contribution is -2.31. The van der Waals surface area contributed by atoms with Crippen molar-refractivity contribution in [3.63, 3.8) is 0 Å². The highest BCUT2D eigenvalue weighted by Crippen LogP contribution is 2.42. The second kappa shape index (κ2) is 4.33. The molecule has 1 N–H and O–H groups in total. The average molecular weight is 254 g/mol. The van der Waals surface area contributed by atoms with Crippen molar-refractivity contribution >= 4 is 9.84 Å². The summed E-state index contributed by atoms with van der Waals surface area (Å²) in [6, 6.07) is 6.98. The van der Waals surface area contributed by atoms with Crippen molar-refractivity contribution in [2.75, 3.05) is 12.0 Å². The van der Waals surface area contributed by atoms with Gasteiger partial charge in [0.2, 0.25) is 0 Å². The van der Waals surface area contributed by atoms with E-state index in [-0.39, 0.29) is 16.9 Å². The number of phenols is 1. The maximum Gasteiger partial charge on any atom is 0.148 e. The molecule has 0 spiro atoms. The number of hydrogen-bond acceptors (Lipinski definition) is 3. The van der Waals surface area contributed by atoms with Crippen LogP contribution in [0.3, 0.4) is 0 Å². The first-order valence-corrected chi connectivity index (χ1v) is 7.95. The Morgan fingerprint density at radius 3 is 2.18 bits per heavy atom. The summed E-state index contributed by atoms with van der Waals surface area (Å²) in [7, 11) is -2.99. The Hall–Kier alpha value is -1.03. The normalized spacial score (nSPS) is 19.4. The minimum Gasteiger partial charge on any atom is -0.508 e. The minimum absolute atomic E-state index is 0.213. The molecule has 0 aliphatic heterocycles. The number of sulfone groups is 1. The zero-order chi connectivity index (χ0) is 12.5. The maximum atomic E-state index is 11.6. The lowest BCUT2D eigenvalue weighted by atomic mass is 9.81. The van der Waals surface area contributed by atoms with Crippen LogP contribution in [0.15, 0.2) is 24.3 Å². The predicted octanol–water partition coefficient (Wildman–Crippen LogP) is 2.25. The van der Waals surface area contributed by atoms with Crippen LogP contribution in [-0.2, 0) is 15.3 Å². The van der Waals surface area contributed by atoms with E-state index >= 15 is 0 Å². The van der Waals surface area contributed by atoms with Gasteiger partial charge in [0, 0.05) is 11.7 Å². The van der Waals surface area contributed by atoms with Gasteiger partial charge in [-0.3, -0.25) is 0 Å². The van der Waals surface area contributed by atoms with Crippen LogP contribution in [-0.4, -0.2) is 25.5 Å². The Kier molecular flexibility index (Phi) is 3.17. The number of rotatable bonds is 3. The molecule has 3 nitrogen and oxygen atoms in total. The van der Waals surface area contributed by atoms with Crippen LogP contribution in [0.5, 0.6) is 5.75 Å². The van der Waals surface area contributed by atoms with Gasteiger partial charge in [0.05, 0.1) is 5.75 Å². The molecular formula is C13H18O3S. The third-order valence-electron chi connectivity index (χ3n) is 3.58. The van der Waals surface area contributed by atoms with E-state index in [2.05, 4.69) is 0 Å². The summed E-state index contributed by atoms with van der Waals surface area (Å²) < 4.78 is 23.2. The molecule has 1 aliphatic rings. The molecule has 1 aromatic rings. The van der Waals surface area contributed by atoms with Gasteiger partial charge < -0.3 is 5.11 Å². The minimum atomic E-state index is -2.99. The van der Waals surface area contributed by atoms with Crippen molar-refractivity contribution in [3.05, 3.63) is 29.8 Å². The standard InChI is InChI=1S/C13H18O3S/c1-17(15,16)10-13(8-2-3-9-13)11-4-6-12(14)7-5-11/h4-7,14H,2-3,8-10H2,1H3. The molecule has 17 heavy (non-hydrogen) atoms. The number of aromatic hydroxyl groups is 1. The number of benzene rings is 1. The molecule has 0 saturated heterocycles. The first-order chi connectivity index (χ1) is 7.91. The molecule has 0 atom stereocenters. The van der Waals surface area contributed by atoms with E-state index in [4.69, 9.17) is 0 Å². The average Bonchev–Trinajstić information content (AvgIpc) is 2.65. The second-order valence-electron chi connectivity index (χ2n) is 5.10. The topological polar surface area (TPSA) is 54.4 Å². The van der Waals surface area contributed by atoms with E-state index in [0.29, 0.717) is 0 Å². The molecule has 0 radical (unpaired) electrons. The van der Waals surface area contributed by atoms with Crippen LogP contribution in [0.25, 0.3) is 0 Å². The molecule has 1 fully saturated rings. The van der Waals surface area contributed by atoms with Crippen molar-refractivity contribution in [1.29, 1.82) is 0 Å². The van der Waals surface area contributed by atoms with Gasteiger partial charge in [-0.25, -0.2) is 8.42 Å². The first-order valence-electron chi connectivity index (χ1n) is 5.89. The molecule has 1 aliphatic carbocycles. The highest BCUT2D eigenvalue weighted by molar-refractivity contribution is 7.90. The van der Waals surface area contributed by atoms with Crippen LogP contribution < -0.4 is 0 Å². The molecule has 2 rings (SSSR count). The van der Waals surface area contributed by atoms with E-state index < -0.39 is 9.84 Å². The van der Waals surface area contributed by atoms with Gasteiger partial charge in [0.25, 0.3) is 0 Å². The third-order valence-corrected chi connectivity index (χ3v) is 4.66. The van der Waals surface area contributed by atoms with Crippen LogP contribution in [0.2, 0.25) is 0 Å². The fourth-order valence-electron chi connectivity index (χ4n) is 2.88. The largest absolute Gasteiger partial charge is 0.508 e. The molecule has 0 amide bonds. The van der Waals surface area contributed by atoms with E-state index in [1.54, 1.807) is 12.1 Å². The summed E-state index contributed by atoms with van der Waals surface area (Å²) in [6.07, 6.45) is 5.30. The van der Waals surface area contributed by atoms with E-state index in [9.17, 15) is 13.5 Å². The monoisotopic (exact) mass is 254 g/mol. The predicted molar refractivity (Wildman–Crippen MR) is 68.0 cm³/mol. The van der Waals surface area contributed by atoms with Crippen LogP contribution >= 0.6 is 0 Å². The molecule has 1 aromatic carbocycles. The smallest absolute Gasteiger partial charge is 0.148 e. The fourth-order valence-corrected chi connectivity index (χ4v) is 4.34. The van der Waals surface area contributed by atoms with Crippen molar-refractivity contribution in [3.8, 4) is 5.75 Å². The zero-order valence-electron chi connectivity index (χ0n) is 10.0. The lowest BCUT2D eigenvalue weighted by Gasteiger charge is -2.28. The summed E-state index contributed by atoms with van der Waals surface area (Å²) in [5.74, 6) is 0.436. The number of phenolic OH excluding ortho intramolecular Hbond substituents is 1. The summed E-state index contributed by atoms with van der Waals surface area (Å²) in [5.41, 5.74) is 0.805. The van der Waals surface area contributed by atoms with E-state index in [0.717, 1.165) is 31.2 Å². The molecular weight excluding hydrogens is 236 g/mol. The quantitative estimate of drug-likeness (QED) is 0.900. The Morgan fingerprint density at radius 2 is 1.71 bits per heavy atom. The molecule has 0 bridgehead atoms. The Labute approximate surface area is 102 Å². The summed E-state index contributed by atoms with van der Waals surface area (Å²) in [6.45, 7) is 0. The van der Waals surface area contributed by atoms with E-state index in [1.807, 2.05) is 12.1 Å². The van der Waals surface area contributed by atoms with Gasteiger partial charge >= 0.3 is 0 Å². The van der Waals surface area contributed by atoms with Gasteiger partial charge in [-0.15, -0.1) is 0 Å². The van der Waals surface area contributed by atoms with Gasteiger partial charge in [-0.05, 0) is 30.5 Å². The van der Waals surface area contributed by atoms with Gasteiger partial charge in [0.15, 0.2) is 0 Å². The summed E-state index contributed by atoms with van der Waals surface area (Å²) >= 11 is 0. The Bertz CT molecular complexity index is 482. The maximum absolute atomic E-state index is 11.6. The second-order valence-corrected chi connectivity index (χ2v) is 7.24. The molecule has 0 heterocycles. The molecule has 0 unspecified atom stereocenters. The highest BCUT2D eigenvalue weighted by atomic mass is 32.2. The Morgan fingerprint density at radius 1 is 1.18 bits per heavy atom. The van der Waals surface area contributed by atoms with Gasteiger partial charge in [-0.1, -0.05) is 25.0 Å². The SMILES string of the molecule is CS(=O)(=O)CC1(c2ccc(O)cc2)CCCC1. The summed E-state index contributed by atoms with van der Waals surface area (Å²) in [4.78, 5) is 0. The molecule has 0 aromatic heterocycles. The zero-order valence-corrected chi connectivity index (χ0v) is 10.8. The molecule has 4 heteroatoms. The first kappa shape index (κ1) is 12.4.